The van der Waals surface area contributed by atoms with Gasteiger partial charge in [-0.1, -0.05) is 42.5 Å². The number of ketones is 1. The molecule has 0 aromatic heterocycles. The van der Waals surface area contributed by atoms with Gasteiger partial charge in [-0.05, 0) is 10.8 Å². The maximum atomic E-state index is 12.3. The number of hydrazine groups is 1. The van der Waals surface area contributed by atoms with Gasteiger partial charge in [-0.15, -0.1) is 0 Å². The number of carbonyl (C=O) groups excluding carboxylic acids is 1. The van der Waals surface area contributed by atoms with E-state index < -0.39 is 0 Å². The molecule has 2 aromatic carbocycles. The average molecular weight is 254 g/mol. The van der Waals surface area contributed by atoms with Crippen molar-refractivity contribution < 1.29 is 4.79 Å². The van der Waals surface area contributed by atoms with Crippen LogP contribution in [0.25, 0.3) is 10.8 Å². The Morgan fingerprint density at radius 1 is 1.21 bits per heavy atom. The van der Waals surface area contributed by atoms with Gasteiger partial charge in [-0.3, -0.25) is 14.8 Å². The van der Waals surface area contributed by atoms with Crippen LogP contribution in [0.3, 0.4) is 0 Å². The lowest BCUT2D eigenvalue weighted by Gasteiger charge is -2.15. The van der Waals surface area contributed by atoms with Gasteiger partial charge in [-0.2, -0.15) is 5.10 Å². The summed E-state index contributed by atoms with van der Waals surface area (Å²) < 4.78 is 0. The van der Waals surface area contributed by atoms with Gasteiger partial charge in [0, 0.05) is 5.56 Å². The zero-order valence-corrected chi connectivity index (χ0v) is 10.4. The van der Waals surface area contributed by atoms with E-state index in [0.717, 1.165) is 16.3 Å². The van der Waals surface area contributed by atoms with E-state index in [2.05, 4.69) is 5.10 Å². The Morgan fingerprint density at radius 2 is 2.00 bits per heavy atom. The Hall–Kier alpha value is -2.40. The summed E-state index contributed by atoms with van der Waals surface area (Å²) >= 11 is 0. The van der Waals surface area contributed by atoms with Crippen molar-refractivity contribution in [2.45, 2.75) is 0 Å². The number of Topliss-reactive ketones (excluding diaryl/α,β-unsaturated/α-hetero) is 1. The van der Waals surface area contributed by atoms with Gasteiger partial charge in [0.1, 0.15) is 19.6 Å². The van der Waals surface area contributed by atoms with Crippen molar-refractivity contribution in [3.63, 3.8) is 0 Å². The van der Waals surface area contributed by atoms with Crippen LogP contribution < -0.4 is 5.84 Å². The largest absolute Gasteiger partial charge is 0.292 e. The summed E-state index contributed by atoms with van der Waals surface area (Å²) in [6.45, 7) is 0.675. The minimum Gasteiger partial charge on any atom is -0.292 e. The number of nitrogens with zero attached hydrogens (tertiary/aromatic N) is 3. The van der Waals surface area contributed by atoms with Crippen molar-refractivity contribution in [3.8, 4) is 0 Å². The minimum absolute atomic E-state index is 0.0456. The van der Waals surface area contributed by atoms with E-state index in [4.69, 9.17) is 5.84 Å². The van der Waals surface area contributed by atoms with E-state index in [0.29, 0.717) is 6.67 Å². The van der Waals surface area contributed by atoms with Crippen LogP contribution in [0.1, 0.15) is 10.4 Å². The fourth-order valence-corrected chi connectivity index (χ4v) is 2.21. The molecule has 0 aliphatic carbocycles. The molecule has 19 heavy (non-hydrogen) atoms. The van der Waals surface area contributed by atoms with Crippen LogP contribution in [0.2, 0.25) is 0 Å². The number of hydrogen-bond acceptors (Lipinski definition) is 5. The number of benzene rings is 2. The highest BCUT2D eigenvalue weighted by molar-refractivity contribution is 6.09. The van der Waals surface area contributed by atoms with Crippen molar-refractivity contribution in [2.24, 2.45) is 10.9 Å². The minimum atomic E-state index is 0.0456. The molecule has 2 aromatic rings. The molecule has 96 valence electrons. The number of rotatable bonds is 3. The molecule has 0 atom stereocenters. The average Bonchev–Trinajstić information content (AvgIpc) is 2.83. The van der Waals surface area contributed by atoms with Crippen LogP contribution in [-0.2, 0) is 0 Å². The smallest absolute Gasteiger partial charge is 0.184 e. The summed E-state index contributed by atoms with van der Waals surface area (Å²) in [6.07, 6.45) is 1.51. The van der Waals surface area contributed by atoms with Crippen molar-refractivity contribution in [2.75, 3.05) is 13.2 Å². The predicted octanol–water partition coefficient (Wildman–Crippen LogP) is 1.41. The first-order valence-electron chi connectivity index (χ1n) is 6.05. The number of hydrazone groups is 1. The van der Waals surface area contributed by atoms with Crippen molar-refractivity contribution in [3.05, 3.63) is 48.0 Å². The molecule has 0 saturated heterocycles. The van der Waals surface area contributed by atoms with Gasteiger partial charge in [-0.25, -0.2) is 5.84 Å². The summed E-state index contributed by atoms with van der Waals surface area (Å²) in [6, 6.07) is 13.6. The molecule has 3 rings (SSSR count). The molecule has 5 nitrogen and oxygen atoms in total. The van der Waals surface area contributed by atoms with Gasteiger partial charge in [0.05, 0.1) is 0 Å². The predicted molar refractivity (Wildman–Crippen MR) is 74.4 cm³/mol. The van der Waals surface area contributed by atoms with E-state index in [9.17, 15) is 4.79 Å². The first kappa shape index (κ1) is 11.7. The van der Waals surface area contributed by atoms with Crippen molar-refractivity contribution in [1.82, 2.24) is 10.0 Å². The topological polar surface area (TPSA) is 61.9 Å². The lowest BCUT2D eigenvalue weighted by molar-refractivity contribution is 0.0924. The first-order valence-corrected chi connectivity index (χ1v) is 6.05. The van der Waals surface area contributed by atoms with E-state index >= 15 is 0 Å². The zero-order valence-electron chi connectivity index (χ0n) is 10.4. The van der Waals surface area contributed by atoms with E-state index in [1.807, 2.05) is 42.5 Å². The summed E-state index contributed by atoms with van der Waals surface area (Å²) in [7, 11) is 0. The Bertz CT molecular complexity index is 647. The molecule has 0 fully saturated rings. The lowest BCUT2D eigenvalue weighted by atomic mass is 10.0. The van der Waals surface area contributed by atoms with E-state index in [1.54, 1.807) is 5.01 Å². The Kier molecular flexibility index (Phi) is 2.89. The van der Waals surface area contributed by atoms with Crippen molar-refractivity contribution >= 4 is 22.9 Å². The number of nitrogens with two attached hydrogens (primary N) is 1. The fourth-order valence-electron chi connectivity index (χ4n) is 2.21. The summed E-state index contributed by atoms with van der Waals surface area (Å²) in [5.74, 6) is 5.61. The highest BCUT2D eigenvalue weighted by Gasteiger charge is 2.17. The van der Waals surface area contributed by atoms with E-state index in [1.165, 1.54) is 11.3 Å². The van der Waals surface area contributed by atoms with Crippen LogP contribution in [0.5, 0.6) is 0 Å². The standard InChI is InChI=1S/C14H14N4O/c15-17-9-16-18(10-17)8-14(19)13-7-3-5-11-4-1-2-6-12(11)13/h1-7,9H,8,10,15H2. The molecule has 2 N–H and O–H groups in total. The molecule has 0 bridgehead atoms. The molecule has 0 unspecified atom stereocenters. The molecule has 0 radical (unpaired) electrons. The third kappa shape index (κ3) is 2.28. The Labute approximate surface area is 110 Å². The molecule has 0 amide bonds. The number of carbonyl (C=O) groups is 1. The molecule has 0 spiro atoms. The molecular weight excluding hydrogens is 240 g/mol. The second-order valence-electron chi connectivity index (χ2n) is 4.50. The first-order chi connectivity index (χ1) is 9.24. The third-order valence-electron chi connectivity index (χ3n) is 3.11. The quantitative estimate of drug-likeness (QED) is 0.664. The van der Waals surface area contributed by atoms with Crippen LogP contribution in [0.15, 0.2) is 47.6 Å². The number of fused-ring (bicyclic) bond motifs is 1. The van der Waals surface area contributed by atoms with Crippen LogP contribution >= 0.6 is 0 Å². The molecule has 1 aliphatic heterocycles. The van der Waals surface area contributed by atoms with Gasteiger partial charge in [0.2, 0.25) is 0 Å². The summed E-state index contributed by atoms with van der Waals surface area (Å²) in [4.78, 5) is 12.3. The lowest BCUT2D eigenvalue weighted by Crippen LogP contribution is -2.34. The molecule has 1 heterocycles. The SMILES string of the molecule is NN1C=NN(CC(=O)c2cccc3ccccc23)C1. The van der Waals surface area contributed by atoms with Gasteiger partial charge in [0.15, 0.2) is 5.78 Å². The number of hydrogen-bond donors (Lipinski definition) is 1. The van der Waals surface area contributed by atoms with Crippen LogP contribution in [0.4, 0.5) is 0 Å². The maximum absolute atomic E-state index is 12.3. The Balaban J connectivity index is 1.88. The monoisotopic (exact) mass is 254 g/mol. The third-order valence-corrected chi connectivity index (χ3v) is 3.11. The highest BCUT2D eigenvalue weighted by Crippen LogP contribution is 2.19. The van der Waals surface area contributed by atoms with Crippen molar-refractivity contribution in [1.29, 1.82) is 0 Å². The highest BCUT2D eigenvalue weighted by atomic mass is 16.1. The summed E-state index contributed by atoms with van der Waals surface area (Å²) in [5.41, 5.74) is 0.726. The molecular formula is C14H14N4O. The van der Waals surface area contributed by atoms with Gasteiger partial charge in [0.25, 0.3) is 0 Å². The van der Waals surface area contributed by atoms with Gasteiger partial charge >= 0.3 is 0 Å². The molecule has 0 saturated carbocycles. The second kappa shape index (κ2) is 4.70. The normalized spacial score (nSPS) is 14.4. The molecule has 5 heteroatoms. The van der Waals surface area contributed by atoms with Crippen LogP contribution in [0, 0.1) is 0 Å². The Morgan fingerprint density at radius 3 is 2.79 bits per heavy atom. The van der Waals surface area contributed by atoms with Crippen LogP contribution in [-0.4, -0.2) is 35.4 Å². The summed E-state index contributed by atoms with van der Waals surface area (Å²) in [5, 5.41) is 9.18. The second-order valence-corrected chi connectivity index (χ2v) is 4.50. The maximum Gasteiger partial charge on any atom is 0.184 e. The molecule has 1 aliphatic rings. The fraction of sp³-hybridized carbons (Fsp3) is 0.143. The van der Waals surface area contributed by atoms with E-state index in [-0.39, 0.29) is 12.3 Å². The van der Waals surface area contributed by atoms with Gasteiger partial charge < -0.3 is 0 Å². The zero-order chi connectivity index (χ0) is 13.2.